The highest BCUT2D eigenvalue weighted by Crippen LogP contribution is 2.35. The third kappa shape index (κ3) is 4.56. The molecule has 1 atom stereocenters. The topological polar surface area (TPSA) is 32.3 Å². The fourth-order valence-corrected chi connectivity index (χ4v) is 3.78. The number of hydrogen-bond acceptors (Lipinski definition) is 2. The van der Waals surface area contributed by atoms with Gasteiger partial charge >= 0.3 is 0 Å². The van der Waals surface area contributed by atoms with Crippen molar-refractivity contribution in [2.45, 2.75) is 45.1 Å². The molecule has 1 unspecified atom stereocenters. The predicted molar refractivity (Wildman–Crippen MR) is 85.4 cm³/mol. The average Bonchev–Trinajstić information content (AvgIpc) is 2.38. The smallest absolute Gasteiger partial charge is 0.126 e. The van der Waals surface area contributed by atoms with Crippen LogP contribution in [0.3, 0.4) is 0 Å². The van der Waals surface area contributed by atoms with E-state index in [1.54, 1.807) is 0 Å². The Kier molecular flexibility index (Phi) is 5.89. The summed E-state index contributed by atoms with van der Waals surface area (Å²) in [5.41, 5.74) is 0.690. The summed E-state index contributed by atoms with van der Waals surface area (Å²) in [6, 6.07) is 2.35. The largest absolute Gasteiger partial charge is 0.387 e. The van der Waals surface area contributed by atoms with Crippen LogP contribution in [-0.4, -0.2) is 18.2 Å². The standard InChI is InChI=1S/C16H22Cl2FNO/c1-16(5-3-2-4-6-16)10-20-9-14(21)15-12(17)7-11(19)8-13(15)18/h7-8,14,20-21H,2-6,9-10H2,1H3. The summed E-state index contributed by atoms with van der Waals surface area (Å²) in [5, 5.41) is 13.9. The Bertz CT molecular complexity index is 466. The molecule has 1 aromatic carbocycles. The van der Waals surface area contributed by atoms with Crippen LogP contribution in [0.15, 0.2) is 12.1 Å². The lowest BCUT2D eigenvalue weighted by atomic mass is 9.76. The van der Waals surface area contributed by atoms with Gasteiger partial charge in [0.1, 0.15) is 5.82 Å². The van der Waals surface area contributed by atoms with E-state index < -0.39 is 11.9 Å². The minimum atomic E-state index is -0.835. The SMILES string of the molecule is CC1(CNCC(O)c2c(Cl)cc(F)cc2Cl)CCCCC1. The second-order valence-corrected chi connectivity index (χ2v) is 7.12. The second-order valence-electron chi connectivity index (χ2n) is 6.30. The van der Waals surface area contributed by atoms with Gasteiger partial charge < -0.3 is 10.4 Å². The zero-order valence-corrected chi connectivity index (χ0v) is 13.8. The Hall–Kier alpha value is -0.350. The van der Waals surface area contributed by atoms with E-state index >= 15 is 0 Å². The van der Waals surface area contributed by atoms with Crippen molar-refractivity contribution in [3.8, 4) is 0 Å². The number of aliphatic hydroxyl groups excluding tert-OH is 1. The van der Waals surface area contributed by atoms with E-state index in [9.17, 15) is 9.50 Å². The Labute approximate surface area is 135 Å². The third-order valence-electron chi connectivity index (χ3n) is 4.33. The van der Waals surface area contributed by atoms with Gasteiger partial charge in [-0.3, -0.25) is 0 Å². The molecule has 118 valence electrons. The Morgan fingerprint density at radius 2 is 1.81 bits per heavy atom. The Morgan fingerprint density at radius 1 is 1.24 bits per heavy atom. The molecular weight excluding hydrogens is 312 g/mol. The molecule has 1 fully saturated rings. The molecule has 21 heavy (non-hydrogen) atoms. The van der Waals surface area contributed by atoms with Crippen molar-refractivity contribution in [3.63, 3.8) is 0 Å². The summed E-state index contributed by atoms with van der Waals surface area (Å²) >= 11 is 11.9. The Balaban J connectivity index is 1.91. The number of benzene rings is 1. The van der Waals surface area contributed by atoms with Crippen LogP contribution in [0.5, 0.6) is 0 Å². The molecule has 0 heterocycles. The van der Waals surface area contributed by atoms with Crippen LogP contribution < -0.4 is 5.32 Å². The maximum Gasteiger partial charge on any atom is 0.126 e. The summed E-state index contributed by atoms with van der Waals surface area (Å²) < 4.78 is 13.2. The first-order chi connectivity index (χ1) is 9.91. The van der Waals surface area contributed by atoms with Gasteiger partial charge in [-0.15, -0.1) is 0 Å². The molecular formula is C16H22Cl2FNO. The van der Waals surface area contributed by atoms with Gasteiger partial charge in [-0.25, -0.2) is 4.39 Å². The van der Waals surface area contributed by atoms with E-state index in [4.69, 9.17) is 23.2 Å². The number of halogens is 3. The highest BCUT2D eigenvalue weighted by atomic mass is 35.5. The minimum Gasteiger partial charge on any atom is -0.387 e. The highest BCUT2D eigenvalue weighted by Gasteiger charge is 2.26. The van der Waals surface area contributed by atoms with Gasteiger partial charge in [0, 0.05) is 18.7 Å². The summed E-state index contributed by atoms with van der Waals surface area (Å²) in [7, 11) is 0. The maximum absolute atomic E-state index is 13.2. The van der Waals surface area contributed by atoms with Gasteiger partial charge in [0.2, 0.25) is 0 Å². The molecule has 0 saturated heterocycles. The van der Waals surface area contributed by atoms with E-state index in [2.05, 4.69) is 12.2 Å². The third-order valence-corrected chi connectivity index (χ3v) is 4.95. The van der Waals surface area contributed by atoms with Crippen molar-refractivity contribution in [1.29, 1.82) is 0 Å². The number of hydrogen-bond donors (Lipinski definition) is 2. The zero-order valence-electron chi connectivity index (χ0n) is 12.3. The van der Waals surface area contributed by atoms with Crippen molar-refractivity contribution >= 4 is 23.2 Å². The first-order valence-electron chi connectivity index (χ1n) is 7.44. The van der Waals surface area contributed by atoms with E-state index in [-0.39, 0.29) is 10.0 Å². The molecule has 0 aromatic heterocycles. The van der Waals surface area contributed by atoms with Crippen LogP contribution in [0.4, 0.5) is 4.39 Å². The molecule has 5 heteroatoms. The van der Waals surface area contributed by atoms with Crippen molar-refractivity contribution in [1.82, 2.24) is 5.32 Å². The monoisotopic (exact) mass is 333 g/mol. The lowest BCUT2D eigenvalue weighted by molar-refractivity contribution is 0.155. The lowest BCUT2D eigenvalue weighted by Gasteiger charge is -2.34. The number of nitrogens with one attached hydrogen (secondary N) is 1. The predicted octanol–water partition coefficient (Wildman–Crippen LogP) is 4.73. The first-order valence-corrected chi connectivity index (χ1v) is 8.20. The molecule has 0 radical (unpaired) electrons. The van der Waals surface area contributed by atoms with Crippen LogP contribution in [0.25, 0.3) is 0 Å². The van der Waals surface area contributed by atoms with Gasteiger partial charge in [0.25, 0.3) is 0 Å². The van der Waals surface area contributed by atoms with Crippen LogP contribution in [0, 0.1) is 11.2 Å². The molecule has 0 spiro atoms. The number of rotatable bonds is 5. The van der Waals surface area contributed by atoms with Crippen molar-refractivity contribution < 1.29 is 9.50 Å². The van der Waals surface area contributed by atoms with Crippen LogP contribution >= 0.6 is 23.2 Å². The van der Waals surface area contributed by atoms with Crippen LogP contribution in [-0.2, 0) is 0 Å². The molecule has 2 nitrogen and oxygen atoms in total. The molecule has 0 aliphatic heterocycles. The normalized spacial score (nSPS) is 19.5. The van der Waals surface area contributed by atoms with Gasteiger partial charge in [-0.2, -0.15) is 0 Å². The van der Waals surface area contributed by atoms with E-state index in [1.165, 1.54) is 44.2 Å². The fraction of sp³-hybridized carbons (Fsp3) is 0.625. The van der Waals surface area contributed by atoms with Crippen molar-refractivity contribution in [2.75, 3.05) is 13.1 Å². The molecule has 1 saturated carbocycles. The molecule has 1 aliphatic carbocycles. The van der Waals surface area contributed by atoms with Crippen molar-refractivity contribution in [3.05, 3.63) is 33.6 Å². The summed E-state index contributed by atoms with van der Waals surface area (Å²) in [4.78, 5) is 0. The fourth-order valence-electron chi connectivity index (χ4n) is 3.07. The quantitative estimate of drug-likeness (QED) is 0.816. The Morgan fingerprint density at radius 3 is 2.38 bits per heavy atom. The molecule has 0 amide bonds. The summed E-state index contributed by atoms with van der Waals surface area (Å²) in [6.07, 6.45) is 5.46. The van der Waals surface area contributed by atoms with Gasteiger partial charge in [0.15, 0.2) is 0 Å². The average molecular weight is 334 g/mol. The van der Waals surface area contributed by atoms with Crippen LogP contribution in [0.2, 0.25) is 10.0 Å². The molecule has 1 aliphatic rings. The minimum absolute atomic E-state index is 0.165. The second kappa shape index (κ2) is 7.28. The lowest BCUT2D eigenvalue weighted by Crippen LogP contribution is -2.35. The van der Waals surface area contributed by atoms with Crippen LogP contribution in [0.1, 0.15) is 50.7 Å². The number of aliphatic hydroxyl groups is 1. The van der Waals surface area contributed by atoms with Crippen molar-refractivity contribution in [2.24, 2.45) is 5.41 Å². The highest BCUT2D eigenvalue weighted by molar-refractivity contribution is 6.36. The molecule has 2 N–H and O–H groups in total. The van der Waals surface area contributed by atoms with Gasteiger partial charge in [0.05, 0.1) is 16.1 Å². The van der Waals surface area contributed by atoms with E-state index in [0.717, 1.165) is 6.54 Å². The maximum atomic E-state index is 13.2. The first kappa shape index (κ1) is 17.0. The van der Waals surface area contributed by atoms with E-state index in [1.807, 2.05) is 0 Å². The molecule has 2 rings (SSSR count). The summed E-state index contributed by atoms with van der Waals surface area (Å²) in [6.45, 7) is 3.50. The summed E-state index contributed by atoms with van der Waals surface area (Å²) in [5.74, 6) is -0.497. The molecule has 0 bridgehead atoms. The zero-order chi connectivity index (χ0) is 15.5. The van der Waals surface area contributed by atoms with E-state index in [0.29, 0.717) is 17.5 Å². The van der Waals surface area contributed by atoms with Gasteiger partial charge in [-0.1, -0.05) is 49.4 Å². The van der Waals surface area contributed by atoms with Gasteiger partial charge in [-0.05, 0) is 30.4 Å². The molecule has 1 aromatic rings.